The van der Waals surface area contributed by atoms with Gasteiger partial charge >= 0.3 is 5.97 Å². The molecule has 0 saturated heterocycles. The monoisotopic (exact) mass is 575 g/mol. The predicted octanol–water partition coefficient (Wildman–Crippen LogP) is 8.27. The van der Waals surface area contributed by atoms with Gasteiger partial charge in [-0.15, -0.1) is 0 Å². The lowest BCUT2D eigenvalue weighted by molar-refractivity contribution is -0.149. The number of ether oxygens (including phenoxy) is 1. The van der Waals surface area contributed by atoms with Crippen molar-refractivity contribution in [2.75, 3.05) is 13.2 Å². The number of hydrogen-bond donors (Lipinski definition) is 0. The molecule has 0 spiro atoms. The maximum absolute atomic E-state index is 14.7. The molecule has 1 aliphatic rings. The van der Waals surface area contributed by atoms with Gasteiger partial charge in [0.1, 0.15) is 0 Å². The number of benzene rings is 2. The van der Waals surface area contributed by atoms with Crippen LogP contribution in [-0.2, 0) is 26.1 Å². The molecule has 5 nitrogen and oxygen atoms in total. The van der Waals surface area contributed by atoms with Crippen LogP contribution in [0.3, 0.4) is 0 Å². The van der Waals surface area contributed by atoms with E-state index in [1.807, 2.05) is 31.2 Å². The number of sulfonamides is 1. The summed E-state index contributed by atoms with van der Waals surface area (Å²) in [5.41, 5.74) is 3.84. The van der Waals surface area contributed by atoms with Crippen LogP contribution in [0.25, 0.3) is 0 Å². The Bertz CT molecular complexity index is 1180. The van der Waals surface area contributed by atoms with E-state index >= 15 is 0 Å². The van der Waals surface area contributed by atoms with E-state index in [0.29, 0.717) is 29.0 Å². The molecule has 216 valence electrons. The minimum absolute atomic E-state index is 0.0587. The van der Waals surface area contributed by atoms with Crippen LogP contribution in [-0.4, -0.2) is 31.8 Å². The van der Waals surface area contributed by atoms with Crippen LogP contribution < -0.4 is 0 Å². The molecule has 2 aromatic carbocycles. The van der Waals surface area contributed by atoms with E-state index in [9.17, 15) is 13.2 Å². The first-order chi connectivity index (χ1) is 18.3. The van der Waals surface area contributed by atoms with E-state index in [1.165, 1.54) is 5.56 Å². The Morgan fingerprint density at radius 1 is 0.923 bits per heavy atom. The van der Waals surface area contributed by atoms with Crippen LogP contribution >= 0.6 is 11.6 Å². The van der Waals surface area contributed by atoms with E-state index in [-0.39, 0.29) is 36.2 Å². The number of halogens is 1. The molecule has 2 aromatic rings. The molecule has 0 unspecified atom stereocenters. The van der Waals surface area contributed by atoms with Crippen molar-refractivity contribution in [3.63, 3.8) is 0 Å². The van der Waals surface area contributed by atoms with Crippen LogP contribution in [0.1, 0.15) is 114 Å². The van der Waals surface area contributed by atoms with Gasteiger partial charge in [-0.1, -0.05) is 77.4 Å². The van der Waals surface area contributed by atoms with Crippen molar-refractivity contribution in [3.8, 4) is 0 Å². The van der Waals surface area contributed by atoms with Crippen LogP contribution in [0.5, 0.6) is 0 Å². The summed E-state index contributed by atoms with van der Waals surface area (Å²) in [6.07, 6.45) is 3.07. The number of hydrogen-bond acceptors (Lipinski definition) is 4. The van der Waals surface area contributed by atoms with Crippen molar-refractivity contribution in [2.24, 2.45) is 11.8 Å². The molecule has 1 aliphatic carbocycles. The van der Waals surface area contributed by atoms with Crippen LogP contribution in [0.2, 0.25) is 5.02 Å². The second-order valence-corrected chi connectivity index (χ2v) is 14.2. The number of carbonyl (C=O) groups is 1. The maximum atomic E-state index is 14.7. The Balaban J connectivity index is 2.04. The van der Waals surface area contributed by atoms with Crippen molar-refractivity contribution >= 4 is 27.6 Å². The predicted molar refractivity (Wildman–Crippen MR) is 160 cm³/mol. The molecule has 39 heavy (non-hydrogen) atoms. The minimum atomic E-state index is -3.83. The van der Waals surface area contributed by atoms with E-state index in [0.717, 1.165) is 42.4 Å². The van der Waals surface area contributed by atoms with E-state index in [2.05, 4.69) is 53.7 Å². The van der Waals surface area contributed by atoms with E-state index in [1.54, 1.807) is 4.31 Å². The van der Waals surface area contributed by atoms with Gasteiger partial charge in [0.2, 0.25) is 10.0 Å². The first-order valence-corrected chi connectivity index (χ1v) is 16.3. The highest BCUT2D eigenvalue weighted by atomic mass is 35.5. The zero-order chi connectivity index (χ0) is 28.9. The Morgan fingerprint density at radius 2 is 1.46 bits per heavy atom. The number of esters is 1. The molecule has 0 aromatic heterocycles. The van der Waals surface area contributed by atoms with Crippen molar-refractivity contribution in [3.05, 3.63) is 63.7 Å². The van der Waals surface area contributed by atoms with Crippen molar-refractivity contribution < 1.29 is 17.9 Å². The summed E-state index contributed by atoms with van der Waals surface area (Å²) in [5, 5.41) is 0.624. The second-order valence-electron chi connectivity index (χ2n) is 11.9. The van der Waals surface area contributed by atoms with E-state index < -0.39 is 10.0 Å². The molecule has 1 saturated carbocycles. The quantitative estimate of drug-likeness (QED) is 0.253. The Kier molecular flexibility index (Phi) is 11.1. The Hall–Kier alpha value is -1.89. The van der Waals surface area contributed by atoms with Crippen molar-refractivity contribution in [1.29, 1.82) is 0 Å². The zero-order valence-corrected chi connectivity index (χ0v) is 26.2. The summed E-state index contributed by atoms with van der Waals surface area (Å²) < 4.78 is 36.3. The summed E-state index contributed by atoms with van der Waals surface area (Å²) in [7, 11) is -3.83. The maximum Gasteiger partial charge on any atom is 0.308 e. The van der Waals surface area contributed by atoms with Gasteiger partial charge in [0.25, 0.3) is 0 Å². The molecule has 0 N–H and O–H groups in total. The highest BCUT2D eigenvalue weighted by Crippen LogP contribution is 2.38. The second kappa shape index (κ2) is 13.6. The molecule has 7 heteroatoms. The molecule has 0 heterocycles. The largest absolute Gasteiger partial charge is 0.466 e. The van der Waals surface area contributed by atoms with Gasteiger partial charge in [0.15, 0.2) is 0 Å². The van der Waals surface area contributed by atoms with Crippen molar-refractivity contribution in [2.45, 2.75) is 103 Å². The smallest absolute Gasteiger partial charge is 0.308 e. The molecule has 0 atom stereocenters. The first-order valence-electron chi connectivity index (χ1n) is 14.4. The first kappa shape index (κ1) is 31.6. The number of rotatable bonds is 11. The molecule has 0 amide bonds. The van der Waals surface area contributed by atoms with Gasteiger partial charge in [-0.3, -0.25) is 4.79 Å². The highest BCUT2D eigenvalue weighted by Gasteiger charge is 2.35. The normalized spacial score (nSPS) is 18.4. The fourth-order valence-electron chi connectivity index (χ4n) is 5.49. The third kappa shape index (κ3) is 7.86. The highest BCUT2D eigenvalue weighted by molar-refractivity contribution is 7.89. The lowest BCUT2D eigenvalue weighted by Crippen LogP contribution is -2.38. The van der Waals surface area contributed by atoms with Gasteiger partial charge in [-0.05, 0) is 90.7 Å². The number of nitrogens with zero attached hydrogens (tertiary/aromatic N) is 1. The molecular formula is C32H46ClNO4S. The minimum Gasteiger partial charge on any atom is -0.466 e. The Labute approximate surface area is 241 Å². The third-order valence-electron chi connectivity index (χ3n) is 7.88. The topological polar surface area (TPSA) is 63.7 Å². The third-order valence-corrected chi connectivity index (χ3v) is 10.1. The summed E-state index contributed by atoms with van der Waals surface area (Å²) in [5.74, 6) is 0.377. The van der Waals surface area contributed by atoms with Gasteiger partial charge in [-0.2, -0.15) is 4.31 Å². The summed E-state index contributed by atoms with van der Waals surface area (Å²) in [4.78, 5) is 12.7. The molecule has 0 bridgehead atoms. The SMILES string of the molecule is CCOC(=O)C1CCC(CN(Cc2ccc(Cl)cc2)S(=O)(=O)c2c(C(C)C)cc(C(C)C)cc2C(C)C)CC1. The fourth-order valence-corrected chi connectivity index (χ4v) is 7.78. The standard InChI is InChI=1S/C32H46ClNO4S/c1-8-38-32(35)26-13-9-24(10-14-26)19-34(20-25-11-15-28(33)16-12-25)39(36,37)31-29(22(4)5)17-27(21(2)3)18-30(31)23(6)7/h11-12,15-18,21-24,26H,8-10,13-14,19-20H2,1-7H3. The number of carbonyl (C=O) groups excluding carboxylic acids is 1. The lowest BCUT2D eigenvalue weighted by atomic mass is 9.82. The van der Waals surface area contributed by atoms with Gasteiger partial charge < -0.3 is 4.74 Å². The molecule has 1 fully saturated rings. The summed E-state index contributed by atoms with van der Waals surface area (Å²) in [6, 6.07) is 11.6. The molecule has 0 aliphatic heterocycles. The lowest BCUT2D eigenvalue weighted by Gasteiger charge is -2.33. The summed E-state index contributed by atoms with van der Waals surface area (Å²) >= 11 is 6.13. The van der Waals surface area contributed by atoms with Crippen LogP contribution in [0, 0.1) is 11.8 Å². The molecular weight excluding hydrogens is 530 g/mol. The van der Waals surface area contributed by atoms with Gasteiger partial charge in [0.05, 0.1) is 17.4 Å². The molecule has 3 rings (SSSR count). The van der Waals surface area contributed by atoms with Crippen LogP contribution in [0.4, 0.5) is 0 Å². The zero-order valence-electron chi connectivity index (χ0n) is 24.7. The van der Waals surface area contributed by atoms with Gasteiger partial charge in [-0.25, -0.2) is 8.42 Å². The van der Waals surface area contributed by atoms with Gasteiger partial charge in [0, 0.05) is 18.1 Å². The van der Waals surface area contributed by atoms with Crippen molar-refractivity contribution in [1.82, 2.24) is 4.31 Å². The van der Waals surface area contributed by atoms with Crippen LogP contribution in [0.15, 0.2) is 41.3 Å². The average Bonchev–Trinajstić information content (AvgIpc) is 2.89. The summed E-state index contributed by atoms with van der Waals surface area (Å²) in [6.45, 7) is 15.5. The average molecular weight is 576 g/mol. The fraction of sp³-hybridized carbons (Fsp3) is 0.594. The molecule has 0 radical (unpaired) electrons. The van der Waals surface area contributed by atoms with E-state index in [4.69, 9.17) is 16.3 Å². The Morgan fingerprint density at radius 3 is 1.92 bits per heavy atom.